The first-order valence-corrected chi connectivity index (χ1v) is 9.88. The zero-order valence-corrected chi connectivity index (χ0v) is 16.4. The van der Waals surface area contributed by atoms with Crippen LogP contribution in [0.1, 0.15) is 10.4 Å². The minimum absolute atomic E-state index is 0.212. The molecule has 0 spiro atoms. The third kappa shape index (κ3) is 3.11. The molecule has 0 N–H and O–H groups in total. The summed E-state index contributed by atoms with van der Waals surface area (Å²) in [5, 5.41) is 0.405. The Hall–Kier alpha value is -1.60. The number of imide groups is 1. The second-order valence-corrected chi connectivity index (χ2v) is 8.77. The van der Waals surface area contributed by atoms with Gasteiger partial charge in [-0.25, -0.2) is 9.69 Å². The van der Waals surface area contributed by atoms with Crippen LogP contribution in [0.3, 0.4) is 0 Å². The van der Waals surface area contributed by atoms with Crippen molar-refractivity contribution < 1.29 is 9.59 Å². The summed E-state index contributed by atoms with van der Waals surface area (Å²) < 4.78 is 0.756. The van der Waals surface area contributed by atoms with E-state index >= 15 is 0 Å². The Bertz CT molecular complexity index is 885. The van der Waals surface area contributed by atoms with Gasteiger partial charge in [0.2, 0.25) is 0 Å². The van der Waals surface area contributed by atoms with Gasteiger partial charge in [-0.15, -0.1) is 11.3 Å². The summed E-state index contributed by atoms with van der Waals surface area (Å²) in [7, 11) is 0. The lowest BCUT2D eigenvalue weighted by molar-refractivity contribution is -0.121. The Balaban J connectivity index is 1.55. The predicted octanol–water partition coefficient (Wildman–Crippen LogP) is 4.02. The minimum atomic E-state index is -0.469. The lowest BCUT2D eigenvalue weighted by Crippen LogP contribution is -2.52. The van der Waals surface area contributed by atoms with Gasteiger partial charge in [0.05, 0.1) is 15.0 Å². The second-order valence-electron chi connectivity index (χ2n) is 6.56. The lowest BCUT2D eigenvalue weighted by atomic mass is 10.1. The average Bonchev–Trinajstić information content (AvgIpc) is 3.12. The summed E-state index contributed by atoms with van der Waals surface area (Å²) in [5.41, 5.74) is 1.42. The Morgan fingerprint density at radius 1 is 1.15 bits per heavy atom. The predicted molar refractivity (Wildman–Crippen MR) is 104 cm³/mol. The van der Waals surface area contributed by atoms with Crippen molar-refractivity contribution in [3.05, 3.63) is 50.1 Å². The van der Waals surface area contributed by atoms with E-state index in [4.69, 9.17) is 23.2 Å². The molecule has 2 saturated heterocycles. The highest BCUT2D eigenvalue weighted by Gasteiger charge is 2.48. The van der Waals surface area contributed by atoms with Crippen LogP contribution in [0.25, 0.3) is 0 Å². The SMILES string of the molecule is Cc1ccc(Cl)c(N2C(=O)C3CN(Cc4ccc(Cl)s4)CCN3C2=O)c1. The molecule has 136 valence electrons. The largest absolute Gasteiger partial charge is 0.332 e. The zero-order valence-electron chi connectivity index (χ0n) is 14.1. The quantitative estimate of drug-likeness (QED) is 0.719. The minimum Gasteiger partial charge on any atom is -0.309 e. The molecule has 5 nitrogen and oxygen atoms in total. The molecule has 1 aromatic carbocycles. The van der Waals surface area contributed by atoms with E-state index in [0.717, 1.165) is 27.9 Å². The number of carbonyl (C=O) groups excluding carboxylic acids is 2. The van der Waals surface area contributed by atoms with Gasteiger partial charge in [-0.2, -0.15) is 0 Å². The molecule has 1 aromatic heterocycles. The molecule has 8 heteroatoms. The third-order valence-electron chi connectivity index (χ3n) is 4.76. The normalized spacial score (nSPS) is 20.8. The van der Waals surface area contributed by atoms with Crippen molar-refractivity contribution in [3.63, 3.8) is 0 Å². The van der Waals surface area contributed by atoms with Crippen LogP contribution in [0, 0.1) is 6.92 Å². The summed E-state index contributed by atoms with van der Waals surface area (Å²) in [6, 6.07) is 8.48. The van der Waals surface area contributed by atoms with Gasteiger partial charge < -0.3 is 4.90 Å². The fourth-order valence-electron chi connectivity index (χ4n) is 3.47. The molecule has 2 aromatic rings. The summed E-state index contributed by atoms with van der Waals surface area (Å²) >= 11 is 13.8. The molecule has 0 saturated carbocycles. The molecule has 4 rings (SSSR count). The fourth-order valence-corrected chi connectivity index (χ4v) is 4.80. The topological polar surface area (TPSA) is 43.9 Å². The maximum Gasteiger partial charge on any atom is 0.332 e. The van der Waals surface area contributed by atoms with E-state index in [1.807, 2.05) is 25.1 Å². The number of fused-ring (bicyclic) bond motifs is 1. The molecule has 3 heterocycles. The number of carbonyl (C=O) groups is 2. The molecule has 2 aliphatic rings. The number of piperazine rings is 1. The summed E-state index contributed by atoms with van der Waals surface area (Å²) in [6.07, 6.45) is 0. The van der Waals surface area contributed by atoms with Gasteiger partial charge in [0.15, 0.2) is 0 Å². The van der Waals surface area contributed by atoms with Crippen molar-refractivity contribution in [2.45, 2.75) is 19.5 Å². The van der Waals surface area contributed by atoms with Gasteiger partial charge in [-0.3, -0.25) is 9.69 Å². The van der Waals surface area contributed by atoms with Gasteiger partial charge in [-0.1, -0.05) is 29.3 Å². The fraction of sp³-hybridized carbons (Fsp3) is 0.333. The number of anilines is 1. The van der Waals surface area contributed by atoms with Crippen molar-refractivity contribution in [2.75, 3.05) is 24.5 Å². The van der Waals surface area contributed by atoms with Crippen LogP contribution in [-0.4, -0.2) is 47.4 Å². The molecule has 26 heavy (non-hydrogen) atoms. The van der Waals surface area contributed by atoms with Gasteiger partial charge in [0.25, 0.3) is 5.91 Å². The molecular weight excluding hydrogens is 393 g/mol. The first-order chi connectivity index (χ1) is 12.4. The lowest BCUT2D eigenvalue weighted by Gasteiger charge is -2.34. The van der Waals surface area contributed by atoms with Crippen LogP contribution in [0.2, 0.25) is 9.36 Å². The van der Waals surface area contributed by atoms with Crippen molar-refractivity contribution in [2.24, 2.45) is 0 Å². The summed E-state index contributed by atoms with van der Waals surface area (Å²) in [5.74, 6) is -0.212. The number of thiophene rings is 1. The van der Waals surface area contributed by atoms with Crippen molar-refractivity contribution in [3.8, 4) is 0 Å². The highest BCUT2D eigenvalue weighted by molar-refractivity contribution is 7.16. The van der Waals surface area contributed by atoms with E-state index in [-0.39, 0.29) is 11.9 Å². The second kappa shape index (κ2) is 6.85. The standard InChI is InChI=1S/C18H17Cl2N3O2S/c1-11-2-4-13(19)14(8-11)23-17(24)15-10-21(6-7-22(15)18(23)25)9-12-3-5-16(20)26-12/h2-5,8,15H,6-7,9-10H2,1H3. The van der Waals surface area contributed by atoms with Crippen LogP contribution < -0.4 is 4.90 Å². The van der Waals surface area contributed by atoms with E-state index in [1.54, 1.807) is 17.0 Å². The number of halogens is 2. The average molecular weight is 410 g/mol. The first kappa shape index (κ1) is 17.8. The molecule has 1 unspecified atom stereocenters. The van der Waals surface area contributed by atoms with Crippen LogP contribution in [0.5, 0.6) is 0 Å². The number of benzene rings is 1. The molecule has 0 radical (unpaired) electrons. The molecule has 0 bridgehead atoms. The van der Waals surface area contributed by atoms with Gasteiger partial charge in [0.1, 0.15) is 6.04 Å². The van der Waals surface area contributed by atoms with E-state index in [1.165, 1.54) is 16.2 Å². The van der Waals surface area contributed by atoms with E-state index < -0.39 is 6.04 Å². The van der Waals surface area contributed by atoms with E-state index in [9.17, 15) is 9.59 Å². The van der Waals surface area contributed by atoms with Crippen LogP contribution in [0.15, 0.2) is 30.3 Å². The number of nitrogens with zero attached hydrogens (tertiary/aromatic N) is 3. The number of hydrogen-bond donors (Lipinski definition) is 0. The Kier molecular flexibility index (Phi) is 4.69. The monoisotopic (exact) mass is 409 g/mol. The number of aryl methyl sites for hydroxylation is 1. The first-order valence-electron chi connectivity index (χ1n) is 8.31. The van der Waals surface area contributed by atoms with Crippen molar-refractivity contribution >= 4 is 52.2 Å². The number of amides is 3. The van der Waals surface area contributed by atoms with Crippen LogP contribution in [0.4, 0.5) is 10.5 Å². The Morgan fingerprint density at radius 3 is 2.69 bits per heavy atom. The molecule has 3 amide bonds. The molecular formula is C18H17Cl2N3O2S. The number of hydrogen-bond acceptors (Lipinski definition) is 4. The summed E-state index contributed by atoms with van der Waals surface area (Å²) in [6.45, 7) is 4.40. The van der Waals surface area contributed by atoms with E-state index in [2.05, 4.69) is 4.90 Å². The zero-order chi connectivity index (χ0) is 18.4. The highest BCUT2D eigenvalue weighted by Crippen LogP contribution is 2.34. The molecule has 2 fully saturated rings. The van der Waals surface area contributed by atoms with Crippen molar-refractivity contribution in [1.29, 1.82) is 0 Å². The molecule has 0 aliphatic carbocycles. The number of urea groups is 1. The van der Waals surface area contributed by atoms with Gasteiger partial charge in [0, 0.05) is 31.1 Å². The molecule has 2 aliphatic heterocycles. The number of rotatable bonds is 3. The summed E-state index contributed by atoms with van der Waals surface area (Å²) in [4.78, 5) is 32.0. The Labute approximate surface area is 165 Å². The maximum atomic E-state index is 13.0. The molecule has 1 atom stereocenters. The van der Waals surface area contributed by atoms with Crippen LogP contribution in [-0.2, 0) is 11.3 Å². The van der Waals surface area contributed by atoms with Gasteiger partial charge in [-0.05, 0) is 36.8 Å². The van der Waals surface area contributed by atoms with Crippen molar-refractivity contribution in [1.82, 2.24) is 9.80 Å². The Morgan fingerprint density at radius 2 is 1.96 bits per heavy atom. The van der Waals surface area contributed by atoms with E-state index in [0.29, 0.717) is 23.8 Å². The highest BCUT2D eigenvalue weighted by atomic mass is 35.5. The van der Waals surface area contributed by atoms with Gasteiger partial charge >= 0.3 is 6.03 Å². The maximum absolute atomic E-state index is 13.0. The third-order valence-corrected chi connectivity index (χ3v) is 6.29. The smallest absolute Gasteiger partial charge is 0.309 e. The van der Waals surface area contributed by atoms with Crippen LogP contribution >= 0.6 is 34.5 Å².